The fraction of sp³-hybridized carbons (Fsp3) is 0.143. The fourth-order valence-corrected chi connectivity index (χ4v) is 2.17. The Kier molecular flexibility index (Phi) is 3.87. The van der Waals surface area contributed by atoms with Crippen molar-refractivity contribution in [3.63, 3.8) is 0 Å². The van der Waals surface area contributed by atoms with Gasteiger partial charge in [0.1, 0.15) is 5.82 Å². The Morgan fingerprint density at radius 2 is 2.00 bits per heavy atom. The molecule has 18 heavy (non-hydrogen) atoms. The first-order valence-corrected chi connectivity index (χ1v) is 6.36. The van der Waals surface area contributed by atoms with E-state index in [0.29, 0.717) is 12.2 Å². The molecule has 0 spiro atoms. The topological polar surface area (TPSA) is 29.3 Å². The molecule has 0 bridgehead atoms. The average Bonchev–Trinajstić information content (AvgIpc) is 2.34. The lowest BCUT2D eigenvalue weighted by Crippen LogP contribution is -2.16. The molecule has 0 saturated heterocycles. The minimum absolute atomic E-state index is 0.224. The van der Waals surface area contributed by atoms with Crippen molar-refractivity contribution in [2.45, 2.75) is 6.54 Å². The number of hydrogen-bond donors (Lipinski definition) is 1. The molecule has 0 saturated carbocycles. The minimum Gasteiger partial charge on any atom is -0.398 e. The number of nitrogen functional groups attached to an aromatic ring is 1. The summed E-state index contributed by atoms with van der Waals surface area (Å²) in [5.41, 5.74) is 8.42. The van der Waals surface area contributed by atoms with E-state index >= 15 is 0 Å². The van der Waals surface area contributed by atoms with Crippen LogP contribution >= 0.6 is 15.9 Å². The van der Waals surface area contributed by atoms with Gasteiger partial charge in [-0.2, -0.15) is 0 Å². The van der Waals surface area contributed by atoms with Gasteiger partial charge < -0.3 is 10.6 Å². The molecule has 2 aromatic rings. The lowest BCUT2D eigenvalue weighted by molar-refractivity contribution is 0.627. The predicted molar refractivity (Wildman–Crippen MR) is 77.1 cm³/mol. The summed E-state index contributed by atoms with van der Waals surface area (Å²) >= 11 is 3.40. The van der Waals surface area contributed by atoms with Crippen molar-refractivity contribution in [3.05, 3.63) is 58.3 Å². The summed E-state index contributed by atoms with van der Waals surface area (Å²) in [6.45, 7) is 0.697. The van der Waals surface area contributed by atoms with Gasteiger partial charge >= 0.3 is 0 Å². The van der Waals surface area contributed by atoms with Gasteiger partial charge in [0.05, 0.1) is 0 Å². The lowest BCUT2D eigenvalue weighted by atomic mass is 10.2. The second-order valence-corrected chi connectivity index (χ2v) is 5.05. The number of nitrogens with zero attached hydrogens (tertiary/aromatic N) is 1. The second-order valence-electron chi connectivity index (χ2n) is 4.19. The van der Waals surface area contributed by atoms with Crippen LogP contribution in [0.5, 0.6) is 0 Å². The molecular formula is C14H14BrFN2. The van der Waals surface area contributed by atoms with E-state index in [1.54, 1.807) is 6.07 Å². The zero-order valence-corrected chi connectivity index (χ0v) is 11.6. The van der Waals surface area contributed by atoms with Crippen LogP contribution in [0.1, 0.15) is 5.56 Å². The van der Waals surface area contributed by atoms with E-state index in [9.17, 15) is 4.39 Å². The van der Waals surface area contributed by atoms with Gasteiger partial charge in [0.25, 0.3) is 0 Å². The smallest absolute Gasteiger partial charge is 0.125 e. The Labute approximate surface area is 114 Å². The zero-order valence-electron chi connectivity index (χ0n) is 10.0. The van der Waals surface area contributed by atoms with Crippen LogP contribution in [0.2, 0.25) is 0 Å². The van der Waals surface area contributed by atoms with Crippen molar-refractivity contribution in [1.82, 2.24) is 0 Å². The summed E-state index contributed by atoms with van der Waals surface area (Å²) in [4.78, 5) is 1.99. The van der Waals surface area contributed by atoms with E-state index in [4.69, 9.17) is 5.73 Å². The Balaban J connectivity index is 2.16. The molecule has 0 atom stereocenters. The first-order valence-electron chi connectivity index (χ1n) is 5.57. The largest absolute Gasteiger partial charge is 0.398 e. The highest BCUT2D eigenvalue weighted by Crippen LogP contribution is 2.22. The van der Waals surface area contributed by atoms with Crippen LogP contribution in [0.25, 0.3) is 0 Å². The third-order valence-corrected chi connectivity index (χ3v) is 3.42. The van der Waals surface area contributed by atoms with Crippen LogP contribution in [0.3, 0.4) is 0 Å². The Hall–Kier alpha value is -1.55. The molecule has 94 valence electrons. The van der Waals surface area contributed by atoms with Crippen molar-refractivity contribution in [3.8, 4) is 0 Å². The van der Waals surface area contributed by atoms with Crippen LogP contribution in [0.4, 0.5) is 15.8 Å². The molecule has 4 heteroatoms. The summed E-state index contributed by atoms with van der Waals surface area (Å²) in [7, 11) is 1.93. The molecular weight excluding hydrogens is 295 g/mol. The highest BCUT2D eigenvalue weighted by molar-refractivity contribution is 9.10. The van der Waals surface area contributed by atoms with Crippen molar-refractivity contribution in [1.29, 1.82) is 0 Å². The van der Waals surface area contributed by atoms with E-state index in [2.05, 4.69) is 15.9 Å². The molecule has 2 nitrogen and oxygen atoms in total. The van der Waals surface area contributed by atoms with Gasteiger partial charge in [-0.15, -0.1) is 0 Å². The van der Waals surface area contributed by atoms with Gasteiger partial charge in [-0.1, -0.05) is 12.1 Å². The minimum atomic E-state index is -0.224. The third-order valence-electron chi connectivity index (χ3n) is 2.73. The van der Waals surface area contributed by atoms with Gasteiger partial charge in [-0.25, -0.2) is 4.39 Å². The highest BCUT2D eigenvalue weighted by Gasteiger charge is 2.04. The first-order chi connectivity index (χ1) is 8.56. The van der Waals surface area contributed by atoms with E-state index in [0.717, 1.165) is 15.7 Å². The van der Waals surface area contributed by atoms with E-state index in [1.165, 1.54) is 12.1 Å². The summed E-state index contributed by atoms with van der Waals surface area (Å²) in [6.07, 6.45) is 0. The van der Waals surface area contributed by atoms with Gasteiger partial charge in [0, 0.05) is 29.4 Å². The van der Waals surface area contributed by atoms with Crippen LogP contribution in [0, 0.1) is 5.82 Å². The average molecular weight is 309 g/mol. The van der Waals surface area contributed by atoms with Crippen LogP contribution in [-0.2, 0) is 6.54 Å². The van der Waals surface area contributed by atoms with Gasteiger partial charge in [0.15, 0.2) is 0 Å². The zero-order chi connectivity index (χ0) is 13.1. The number of rotatable bonds is 3. The van der Waals surface area contributed by atoms with E-state index < -0.39 is 0 Å². The molecule has 2 N–H and O–H groups in total. The molecule has 0 aromatic heterocycles. The molecule has 0 fully saturated rings. The summed E-state index contributed by atoms with van der Waals surface area (Å²) in [6, 6.07) is 12.4. The van der Waals surface area contributed by atoms with Gasteiger partial charge in [0.2, 0.25) is 0 Å². The van der Waals surface area contributed by atoms with Crippen LogP contribution < -0.4 is 10.6 Å². The monoisotopic (exact) mass is 308 g/mol. The summed E-state index contributed by atoms with van der Waals surface area (Å²) in [5, 5.41) is 0. The molecule has 0 unspecified atom stereocenters. The molecule has 0 radical (unpaired) electrons. The number of nitrogens with two attached hydrogens (primary N) is 1. The van der Waals surface area contributed by atoms with Crippen molar-refractivity contribution in [2.75, 3.05) is 17.7 Å². The third kappa shape index (κ3) is 3.01. The first kappa shape index (κ1) is 12.9. The molecule has 2 rings (SSSR count). The van der Waals surface area contributed by atoms with E-state index in [-0.39, 0.29) is 5.82 Å². The SMILES string of the molecule is CN(Cc1ccc(N)c(Br)c1)c1cccc(F)c1. The maximum absolute atomic E-state index is 13.1. The number of benzene rings is 2. The van der Waals surface area contributed by atoms with Crippen molar-refractivity contribution in [2.24, 2.45) is 0 Å². The molecule has 0 amide bonds. The normalized spacial score (nSPS) is 10.4. The summed E-state index contributed by atoms with van der Waals surface area (Å²) < 4.78 is 14.0. The van der Waals surface area contributed by atoms with Crippen molar-refractivity contribution >= 4 is 27.3 Å². The van der Waals surface area contributed by atoms with Crippen molar-refractivity contribution < 1.29 is 4.39 Å². The van der Waals surface area contributed by atoms with Gasteiger partial charge in [-0.3, -0.25) is 0 Å². The Morgan fingerprint density at radius 3 is 2.67 bits per heavy atom. The van der Waals surface area contributed by atoms with E-state index in [1.807, 2.05) is 36.2 Å². The number of hydrogen-bond acceptors (Lipinski definition) is 2. The number of halogens is 2. The van der Waals surface area contributed by atoms with Crippen LogP contribution in [-0.4, -0.2) is 7.05 Å². The second kappa shape index (κ2) is 5.40. The highest BCUT2D eigenvalue weighted by atomic mass is 79.9. The molecule has 0 aliphatic heterocycles. The maximum Gasteiger partial charge on any atom is 0.125 e. The maximum atomic E-state index is 13.1. The van der Waals surface area contributed by atoms with Gasteiger partial charge in [-0.05, 0) is 51.8 Å². The molecule has 0 aliphatic carbocycles. The molecule has 0 heterocycles. The Bertz CT molecular complexity index is 557. The standard InChI is InChI=1S/C14H14BrFN2/c1-18(12-4-2-3-11(16)8-12)9-10-5-6-14(17)13(15)7-10/h2-8H,9,17H2,1H3. The number of anilines is 2. The lowest BCUT2D eigenvalue weighted by Gasteiger charge is -2.19. The fourth-order valence-electron chi connectivity index (χ4n) is 1.75. The van der Waals surface area contributed by atoms with Crippen LogP contribution in [0.15, 0.2) is 46.9 Å². The predicted octanol–water partition coefficient (Wildman–Crippen LogP) is 3.81. The summed E-state index contributed by atoms with van der Waals surface area (Å²) in [5.74, 6) is -0.224. The Morgan fingerprint density at radius 1 is 1.22 bits per heavy atom. The quantitative estimate of drug-likeness (QED) is 0.874. The molecule has 2 aromatic carbocycles. The molecule has 0 aliphatic rings.